The quantitative estimate of drug-likeness (QED) is 0.779. The summed E-state index contributed by atoms with van der Waals surface area (Å²) in [5.74, 6) is 0. The van der Waals surface area contributed by atoms with Crippen molar-refractivity contribution in [1.29, 1.82) is 0 Å². The van der Waals surface area contributed by atoms with Gasteiger partial charge in [0.15, 0.2) is 9.84 Å². The van der Waals surface area contributed by atoms with Gasteiger partial charge in [-0.1, -0.05) is 0 Å². The largest absolute Gasteiger partial charge is 0.381 e. The summed E-state index contributed by atoms with van der Waals surface area (Å²) >= 11 is 0. The molecule has 0 aromatic heterocycles. The molecule has 0 aromatic carbocycles. The Balaban J connectivity index is 2.99. The molecule has 2 N–H and O–H groups in total. The molecule has 4 nitrogen and oxygen atoms in total. The van der Waals surface area contributed by atoms with Gasteiger partial charge in [0.1, 0.15) is 0 Å². The Bertz CT molecular complexity index is 286. The van der Waals surface area contributed by atoms with Gasteiger partial charge in [-0.05, 0) is 39.7 Å². The summed E-state index contributed by atoms with van der Waals surface area (Å²) in [6.45, 7) is 4.97. The van der Waals surface area contributed by atoms with Crippen LogP contribution >= 0.6 is 0 Å². The number of nitrogens with two attached hydrogens (primary N) is 1. The molecule has 1 aliphatic rings. The van der Waals surface area contributed by atoms with E-state index in [0.717, 1.165) is 0 Å². The predicted molar refractivity (Wildman–Crippen MR) is 60.5 cm³/mol. The number of hydrogen-bond donors (Lipinski definition) is 1. The van der Waals surface area contributed by atoms with Crippen molar-refractivity contribution in [3.05, 3.63) is 0 Å². The Kier molecular flexibility index (Phi) is 4.14. The number of rotatable bonds is 4. The Morgan fingerprint density at radius 2 is 1.87 bits per heavy atom. The first-order chi connectivity index (χ1) is 6.96. The third kappa shape index (κ3) is 2.34. The summed E-state index contributed by atoms with van der Waals surface area (Å²) < 4.78 is 29.2. The minimum atomic E-state index is -3.08. The maximum Gasteiger partial charge on any atom is 0.158 e. The number of ether oxygens (including phenoxy) is 1. The second kappa shape index (κ2) is 4.80. The molecule has 0 aliphatic carbocycles. The maximum atomic E-state index is 12.3. The molecule has 5 heteroatoms. The first-order valence-electron chi connectivity index (χ1n) is 5.47. The van der Waals surface area contributed by atoms with Crippen LogP contribution in [0.1, 0.15) is 33.1 Å². The lowest BCUT2D eigenvalue weighted by Crippen LogP contribution is -2.48. The topological polar surface area (TPSA) is 69.4 Å². The van der Waals surface area contributed by atoms with Crippen LogP contribution in [0.2, 0.25) is 0 Å². The lowest BCUT2D eigenvalue weighted by Gasteiger charge is -2.37. The van der Waals surface area contributed by atoms with Crippen molar-refractivity contribution in [2.45, 2.75) is 43.1 Å². The van der Waals surface area contributed by atoms with Gasteiger partial charge in [-0.2, -0.15) is 0 Å². The first kappa shape index (κ1) is 12.9. The molecule has 0 saturated carbocycles. The molecule has 1 saturated heterocycles. The van der Waals surface area contributed by atoms with Gasteiger partial charge in [-0.25, -0.2) is 8.42 Å². The zero-order valence-electron chi connectivity index (χ0n) is 9.53. The zero-order valence-corrected chi connectivity index (χ0v) is 10.3. The van der Waals surface area contributed by atoms with Crippen LogP contribution in [0.5, 0.6) is 0 Å². The highest BCUT2D eigenvalue weighted by molar-refractivity contribution is 7.93. The SMILES string of the molecule is CC(C)S(=O)(=O)C1(CCN)CCOCC1. The maximum absolute atomic E-state index is 12.3. The van der Waals surface area contributed by atoms with Crippen LogP contribution < -0.4 is 5.73 Å². The average Bonchev–Trinajstić information content (AvgIpc) is 2.19. The van der Waals surface area contributed by atoms with Crippen LogP contribution in [0.3, 0.4) is 0 Å². The number of sulfone groups is 1. The van der Waals surface area contributed by atoms with E-state index in [1.54, 1.807) is 13.8 Å². The van der Waals surface area contributed by atoms with Crippen molar-refractivity contribution >= 4 is 9.84 Å². The van der Waals surface area contributed by atoms with Gasteiger partial charge in [0.2, 0.25) is 0 Å². The first-order valence-corrected chi connectivity index (χ1v) is 7.02. The van der Waals surface area contributed by atoms with Crippen LogP contribution in [0, 0.1) is 0 Å². The highest BCUT2D eigenvalue weighted by atomic mass is 32.2. The van der Waals surface area contributed by atoms with E-state index in [2.05, 4.69) is 0 Å². The molecular weight excluding hydrogens is 214 g/mol. The third-order valence-corrected chi connectivity index (χ3v) is 6.29. The van der Waals surface area contributed by atoms with Gasteiger partial charge in [0.25, 0.3) is 0 Å². The summed E-state index contributed by atoms with van der Waals surface area (Å²) in [4.78, 5) is 0. The highest BCUT2D eigenvalue weighted by Gasteiger charge is 2.45. The van der Waals surface area contributed by atoms with Gasteiger partial charge in [-0.15, -0.1) is 0 Å². The van der Waals surface area contributed by atoms with E-state index in [1.807, 2.05) is 0 Å². The van der Waals surface area contributed by atoms with Crippen LogP contribution in [-0.2, 0) is 14.6 Å². The fourth-order valence-corrected chi connectivity index (χ4v) is 4.32. The fraction of sp³-hybridized carbons (Fsp3) is 1.00. The second-order valence-electron chi connectivity index (χ2n) is 4.43. The van der Waals surface area contributed by atoms with Crippen LogP contribution in [0.25, 0.3) is 0 Å². The summed E-state index contributed by atoms with van der Waals surface area (Å²) in [5, 5.41) is -0.331. The Morgan fingerprint density at radius 1 is 1.33 bits per heavy atom. The molecule has 1 heterocycles. The minimum Gasteiger partial charge on any atom is -0.381 e. The van der Waals surface area contributed by atoms with E-state index >= 15 is 0 Å². The van der Waals surface area contributed by atoms with E-state index in [4.69, 9.17) is 10.5 Å². The molecule has 1 rings (SSSR count). The third-order valence-electron chi connectivity index (χ3n) is 3.23. The van der Waals surface area contributed by atoms with Gasteiger partial charge in [-0.3, -0.25) is 0 Å². The molecule has 1 aliphatic heterocycles. The van der Waals surface area contributed by atoms with Crippen molar-refractivity contribution in [3.8, 4) is 0 Å². The smallest absolute Gasteiger partial charge is 0.158 e. The minimum absolute atomic E-state index is 0.331. The van der Waals surface area contributed by atoms with Crippen molar-refractivity contribution in [2.24, 2.45) is 5.73 Å². The molecule has 0 bridgehead atoms. The van der Waals surface area contributed by atoms with E-state index < -0.39 is 14.6 Å². The molecule has 0 spiro atoms. The van der Waals surface area contributed by atoms with Gasteiger partial charge < -0.3 is 10.5 Å². The average molecular weight is 235 g/mol. The van der Waals surface area contributed by atoms with Crippen molar-refractivity contribution in [2.75, 3.05) is 19.8 Å². The summed E-state index contributed by atoms with van der Waals surface area (Å²) in [5.41, 5.74) is 5.54. The van der Waals surface area contributed by atoms with Crippen molar-refractivity contribution in [3.63, 3.8) is 0 Å². The van der Waals surface area contributed by atoms with E-state index in [0.29, 0.717) is 39.0 Å². The summed E-state index contributed by atoms with van der Waals surface area (Å²) in [6.07, 6.45) is 1.73. The molecule has 0 atom stereocenters. The van der Waals surface area contributed by atoms with Crippen molar-refractivity contribution < 1.29 is 13.2 Å². The standard InChI is InChI=1S/C10H21NO3S/c1-9(2)15(12,13)10(3-6-11)4-7-14-8-5-10/h9H,3-8,11H2,1-2H3. The van der Waals surface area contributed by atoms with Crippen LogP contribution in [-0.4, -0.2) is 38.2 Å². The summed E-state index contributed by atoms with van der Waals surface area (Å²) in [6, 6.07) is 0. The lowest BCUT2D eigenvalue weighted by molar-refractivity contribution is 0.0727. The van der Waals surface area contributed by atoms with Crippen LogP contribution in [0.15, 0.2) is 0 Å². The van der Waals surface area contributed by atoms with Gasteiger partial charge >= 0.3 is 0 Å². The lowest BCUT2D eigenvalue weighted by atomic mass is 9.95. The second-order valence-corrected chi connectivity index (χ2v) is 7.33. The number of hydrogen-bond acceptors (Lipinski definition) is 4. The van der Waals surface area contributed by atoms with Gasteiger partial charge in [0, 0.05) is 13.2 Å². The fourth-order valence-electron chi connectivity index (χ4n) is 2.18. The van der Waals surface area contributed by atoms with E-state index in [-0.39, 0.29) is 5.25 Å². The molecule has 0 aromatic rings. The Morgan fingerprint density at radius 3 is 2.27 bits per heavy atom. The Hall–Kier alpha value is -0.130. The molecule has 0 unspecified atom stereocenters. The molecular formula is C10H21NO3S. The predicted octanol–water partition coefficient (Wildman–Crippen LogP) is 0.708. The van der Waals surface area contributed by atoms with E-state index in [1.165, 1.54) is 0 Å². The summed E-state index contributed by atoms with van der Waals surface area (Å²) in [7, 11) is -3.08. The Labute approximate surface area is 92.1 Å². The molecule has 1 fully saturated rings. The van der Waals surface area contributed by atoms with Crippen molar-refractivity contribution in [1.82, 2.24) is 0 Å². The van der Waals surface area contributed by atoms with E-state index in [9.17, 15) is 8.42 Å². The molecule has 90 valence electrons. The molecule has 0 radical (unpaired) electrons. The molecule has 0 amide bonds. The van der Waals surface area contributed by atoms with Crippen LogP contribution in [0.4, 0.5) is 0 Å². The highest BCUT2D eigenvalue weighted by Crippen LogP contribution is 2.35. The van der Waals surface area contributed by atoms with Gasteiger partial charge in [0.05, 0.1) is 10.00 Å². The normalized spacial score (nSPS) is 21.9. The molecule has 15 heavy (non-hydrogen) atoms. The zero-order chi connectivity index (χ0) is 11.5. The monoisotopic (exact) mass is 235 g/mol.